The van der Waals surface area contributed by atoms with Gasteiger partial charge in [0, 0.05) is 12.7 Å². The summed E-state index contributed by atoms with van der Waals surface area (Å²) in [5.41, 5.74) is 1.49. The molecule has 5 nitrogen and oxygen atoms in total. The molecule has 0 atom stereocenters. The van der Waals surface area contributed by atoms with Crippen LogP contribution >= 0.6 is 11.3 Å². The first-order valence-corrected chi connectivity index (χ1v) is 8.14. The number of carbonyl (C=O) groups excluding carboxylic acids is 1. The van der Waals surface area contributed by atoms with Crippen LogP contribution in [-0.4, -0.2) is 29.3 Å². The maximum atomic E-state index is 12.2. The Hall–Kier alpha value is -2.60. The van der Waals surface area contributed by atoms with Crippen molar-refractivity contribution in [2.45, 2.75) is 6.54 Å². The van der Waals surface area contributed by atoms with Crippen molar-refractivity contribution in [2.24, 2.45) is 0 Å². The van der Waals surface area contributed by atoms with E-state index in [0.717, 1.165) is 10.6 Å². The van der Waals surface area contributed by atoms with Crippen molar-refractivity contribution in [3.8, 4) is 16.3 Å². The number of rotatable bonds is 6. The Kier molecular flexibility index (Phi) is 4.73. The average Bonchev–Trinajstić information content (AvgIpc) is 3.26. The SMILES string of the molecule is COc1ccccc1C(=O)NCCn1ccc(-c2cccs2)n1. The fraction of sp³-hybridized carbons (Fsp3) is 0.176. The van der Waals surface area contributed by atoms with Crippen LogP contribution in [0.2, 0.25) is 0 Å². The van der Waals surface area contributed by atoms with Crippen molar-refractivity contribution >= 4 is 17.2 Å². The summed E-state index contributed by atoms with van der Waals surface area (Å²) in [6, 6.07) is 13.2. The molecule has 1 aromatic carbocycles. The third kappa shape index (κ3) is 3.60. The Morgan fingerprint density at radius 2 is 2.13 bits per heavy atom. The molecule has 23 heavy (non-hydrogen) atoms. The number of hydrogen-bond acceptors (Lipinski definition) is 4. The molecule has 0 aliphatic carbocycles. The van der Waals surface area contributed by atoms with Crippen LogP contribution in [0.1, 0.15) is 10.4 Å². The summed E-state index contributed by atoms with van der Waals surface area (Å²) in [7, 11) is 1.56. The van der Waals surface area contributed by atoms with Crippen LogP contribution in [0.25, 0.3) is 10.6 Å². The zero-order chi connectivity index (χ0) is 16.1. The van der Waals surface area contributed by atoms with Crippen LogP contribution in [0.4, 0.5) is 0 Å². The molecule has 3 aromatic rings. The highest BCUT2D eigenvalue weighted by Crippen LogP contribution is 2.22. The fourth-order valence-electron chi connectivity index (χ4n) is 2.25. The number of aromatic nitrogens is 2. The Labute approximate surface area is 138 Å². The third-order valence-electron chi connectivity index (χ3n) is 3.39. The number of methoxy groups -OCH3 is 1. The van der Waals surface area contributed by atoms with Gasteiger partial charge in [0.05, 0.1) is 24.1 Å². The van der Waals surface area contributed by atoms with E-state index in [4.69, 9.17) is 4.74 Å². The second-order valence-corrected chi connectivity index (χ2v) is 5.85. The highest BCUT2D eigenvalue weighted by Gasteiger charge is 2.10. The van der Waals surface area contributed by atoms with Gasteiger partial charge in [0.25, 0.3) is 5.91 Å². The molecule has 0 fully saturated rings. The van der Waals surface area contributed by atoms with E-state index in [1.807, 2.05) is 46.6 Å². The molecule has 0 saturated heterocycles. The van der Waals surface area contributed by atoms with Gasteiger partial charge in [-0.15, -0.1) is 11.3 Å². The number of nitrogens with one attached hydrogen (secondary N) is 1. The number of thiophene rings is 1. The first-order valence-electron chi connectivity index (χ1n) is 7.26. The summed E-state index contributed by atoms with van der Waals surface area (Å²) in [6.45, 7) is 1.12. The largest absolute Gasteiger partial charge is 0.496 e. The van der Waals surface area contributed by atoms with E-state index in [1.54, 1.807) is 30.6 Å². The van der Waals surface area contributed by atoms with E-state index < -0.39 is 0 Å². The smallest absolute Gasteiger partial charge is 0.255 e. The van der Waals surface area contributed by atoms with Gasteiger partial charge < -0.3 is 10.1 Å². The molecule has 0 saturated carbocycles. The number of amides is 1. The Bertz CT molecular complexity index is 781. The molecule has 0 spiro atoms. The number of carbonyl (C=O) groups is 1. The molecule has 1 amide bonds. The molecule has 6 heteroatoms. The molecule has 0 aliphatic rings. The maximum Gasteiger partial charge on any atom is 0.255 e. The van der Waals surface area contributed by atoms with Gasteiger partial charge in [-0.05, 0) is 29.6 Å². The lowest BCUT2D eigenvalue weighted by Gasteiger charge is -2.09. The van der Waals surface area contributed by atoms with Crippen LogP contribution < -0.4 is 10.1 Å². The normalized spacial score (nSPS) is 10.5. The van der Waals surface area contributed by atoms with Gasteiger partial charge in [0.15, 0.2) is 0 Å². The van der Waals surface area contributed by atoms with Gasteiger partial charge in [-0.2, -0.15) is 5.10 Å². The van der Waals surface area contributed by atoms with Gasteiger partial charge in [-0.25, -0.2) is 0 Å². The average molecular weight is 327 g/mol. The monoisotopic (exact) mass is 327 g/mol. The first-order chi connectivity index (χ1) is 11.3. The van der Waals surface area contributed by atoms with Crippen molar-refractivity contribution in [3.05, 3.63) is 59.6 Å². The molecular formula is C17H17N3O2S. The first kappa shape index (κ1) is 15.3. The lowest BCUT2D eigenvalue weighted by molar-refractivity contribution is 0.0949. The van der Waals surface area contributed by atoms with Crippen LogP contribution in [0.3, 0.4) is 0 Å². The lowest BCUT2D eigenvalue weighted by Crippen LogP contribution is -2.27. The number of hydrogen-bond donors (Lipinski definition) is 1. The summed E-state index contributed by atoms with van der Waals surface area (Å²) in [6.07, 6.45) is 1.92. The summed E-state index contributed by atoms with van der Waals surface area (Å²) in [4.78, 5) is 13.3. The summed E-state index contributed by atoms with van der Waals surface area (Å²) >= 11 is 1.66. The summed E-state index contributed by atoms with van der Waals surface area (Å²) < 4.78 is 7.03. The molecule has 0 radical (unpaired) electrons. The van der Waals surface area contributed by atoms with Crippen LogP contribution in [0.15, 0.2) is 54.0 Å². The Morgan fingerprint density at radius 3 is 2.91 bits per heavy atom. The summed E-state index contributed by atoms with van der Waals surface area (Å²) in [5.74, 6) is 0.428. The molecule has 2 heterocycles. The van der Waals surface area contributed by atoms with Crippen LogP contribution in [-0.2, 0) is 6.54 Å². The van der Waals surface area contributed by atoms with Gasteiger partial charge >= 0.3 is 0 Å². The quantitative estimate of drug-likeness (QED) is 0.757. The number of para-hydroxylation sites is 1. The van der Waals surface area contributed by atoms with Crippen molar-refractivity contribution in [1.82, 2.24) is 15.1 Å². The molecule has 3 rings (SSSR count). The van der Waals surface area contributed by atoms with E-state index >= 15 is 0 Å². The van der Waals surface area contributed by atoms with Gasteiger partial charge in [0.1, 0.15) is 11.4 Å². The highest BCUT2D eigenvalue weighted by molar-refractivity contribution is 7.13. The van der Waals surface area contributed by atoms with E-state index in [9.17, 15) is 4.79 Å². The molecule has 0 aliphatic heterocycles. The predicted octanol–water partition coefficient (Wildman–Crippen LogP) is 3.05. The molecule has 118 valence electrons. The molecule has 2 aromatic heterocycles. The second kappa shape index (κ2) is 7.11. The minimum atomic E-state index is -0.145. The summed E-state index contributed by atoms with van der Waals surface area (Å²) in [5, 5.41) is 9.43. The maximum absolute atomic E-state index is 12.2. The van der Waals surface area contributed by atoms with E-state index in [0.29, 0.717) is 24.4 Å². The molecular weight excluding hydrogens is 310 g/mol. The number of ether oxygens (including phenoxy) is 1. The Balaban J connectivity index is 1.56. The Morgan fingerprint density at radius 1 is 1.26 bits per heavy atom. The highest BCUT2D eigenvalue weighted by atomic mass is 32.1. The van der Waals surface area contributed by atoms with Gasteiger partial charge in [-0.3, -0.25) is 9.48 Å². The van der Waals surface area contributed by atoms with E-state index in [1.165, 1.54) is 0 Å². The topological polar surface area (TPSA) is 56.1 Å². The minimum Gasteiger partial charge on any atom is -0.496 e. The zero-order valence-corrected chi connectivity index (χ0v) is 13.5. The number of nitrogens with zero attached hydrogens (tertiary/aromatic N) is 2. The van der Waals surface area contributed by atoms with Crippen LogP contribution in [0, 0.1) is 0 Å². The van der Waals surface area contributed by atoms with Crippen molar-refractivity contribution in [2.75, 3.05) is 13.7 Å². The molecule has 1 N–H and O–H groups in total. The fourth-order valence-corrected chi connectivity index (χ4v) is 2.94. The standard InChI is InChI=1S/C17H17N3O2S/c1-22-15-6-3-2-5-13(15)17(21)18-9-11-20-10-8-14(19-20)16-7-4-12-23-16/h2-8,10,12H,9,11H2,1H3,(H,18,21). The zero-order valence-electron chi connectivity index (χ0n) is 12.7. The van der Waals surface area contributed by atoms with Gasteiger partial charge in [0.2, 0.25) is 0 Å². The van der Waals surface area contributed by atoms with Crippen LogP contribution in [0.5, 0.6) is 5.75 Å². The minimum absolute atomic E-state index is 0.145. The van der Waals surface area contributed by atoms with Crippen molar-refractivity contribution in [1.29, 1.82) is 0 Å². The van der Waals surface area contributed by atoms with Crippen molar-refractivity contribution in [3.63, 3.8) is 0 Å². The lowest BCUT2D eigenvalue weighted by atomic mass is 10.2. The van der Waals surface area contributed by atoms with E-state index in [2.05, 4.69) is 10.4 Å². The number of benzene rings is 1. The molecule has 0 unspecified atom stereocenters. The third-order valence-corrected chi connectivity index (χ3v) is 4.28. The second-order valence-electron chi connectivity index (χ2n) is 4.90. The van der Waals surface area contributed by atoms with Gasteiger partial charge in [-0.1, -0.05) is 18.2 Å². The van der Waals surface area contributed by atoms with E-state index in [-0.39, 0.29) is 5.91 Å². The molecule has 0 bridgehead atoms. The predicted molar refractivity (Wildman–Crippen MR) is 90.9 cm³/mol. The van der Waals surface area contributed by atoms with Crippen molar-refractivity contribution < 1.29 is 9.53 Å².